The summed E-state index contributed by atoms with van der Waals surface area (Å²) in [5.74, 6) is 0.575. The third kappa shape index (κ3) is 4.19. The van der Waals surface area contributed by atoms with E-state index in [1.54, 1.807) is 38.3 Å². The number of benzene rings is 1. The van der Waals surface area contributed by atoms with E-state index in [2.05, 4.69) is 5.32 Å². The largest absolute Gasteiger partial charge is 0.497 e. The Kier molecular flexibility index (Phi) is 6.06. The van der Waals surface area contributed by atoms with Crippen LogP contribution in [0.3, 0.4) is 0 Å². The molecule has 0 bridgehead atoms. The molecule has 6 heteroatoms. The lowest BCUT2D eigenvalue weighted by atomic mass is 9.81. The van der Waals surface area contributed by atoms with Crippen molar-refractivity contribution in [3.05, 3.63) is 24.3 Å². The molecule has 1 aromatic carbocycles. The second kappa shape index (κ2) is 8.04. The van der Waals surface area contributed by atoms with E-state index in [0.29, 0.717) is 24.3 Å². The van der Waals surface area contributed by atoms with Crippen molar-refractivity contribution in [3.8, 4) is 11.5 Å². The zero-order valence-corrected chi connectivity index (χ0v) is 14.5. The Morgan fingerprint density at radius 2 is 1.62 bits per heavy atom. The summed E-state index contributed by atoms with van der Waals surface area (Å²) in [4.78, 5) is 24.7. The van der Waals surface area contributed by atoms with Crippen LogP contribution in [0.1, 0.15) is 39.0 Å². The predicted octanol–water partition coefficient (Wildman–Crippen LogP) is 2.45. The van der Waals surface area contributed by atoms with E-state index >= 15 is 0 Å². The number of ether oxygens (including phenoxy) is 3. The second-order valence-corrected chi connectivity index (χ2v) is 6.06. The highest BCUT2D eigenvalue weighted by molar-refractivity contribution is 5.90. The van der Waals surface area contributed by atoms with E-state index in [9.17, 15) is 9.59 Å². The van der Waals surface area contributed by atoms with E-state index in [0.717, 1.165) is 19.3 Å². The number of rotatable bonds is 6. The summed E-state index contributed by atoms with van der Waals surface area (Å²) in [5.41, 5.74) is -0.929. The molecule has 1 fully saturated rings. The molecule has 132 valence electrons. The van der Waals surface area contributed by atoms with Crippen LogP contribution in [0.5, 0.6) is 11.5 Å². The first-order valence-electron chi connectivity index (χ1n) is 8.22. The molecular weight excluding hydrogens is 310 g/mol. The molecule has 2 rings (SSSR count). The molecule has 1 aliphatic carbocycles. The van der Waals surface area contributed by atoms with Gasteiger partial charge in [-0.2, -0.15) is 0 Å². The summed E-state index contributed by atoms with van der Waals surface area (Å²) in [7, 11) is 2.94. The number of esters is 1. The normalized spacial score (nSPS) is 17.5. The number of hydrogen-bond acceptors (Lipinski definition) is 5. The van der Waals surface area contributed by atoms with Gasteiger partial charge >= 0.3 is 5.97 Å². The van der Waals surface area contributed by atoms with E-state index < -0.39 is 11.6 Å². The highest BCUT2D eigenvalue weighted by atomic mass is 16.5. The maximum absolute atomic E-state index is 12.5. The van der Waals surface area contributed by atoms with Gasteiger partial charge in [0.25, 0.3) is 5.91 Å². The van der Waals surface area contributed by atoms with Crippen LogP contribution in [-0.4, -0.2) is 37.7 Å². The Morgan fingerprint density at radius 3 is 2.17 bits per heavy atom. The van der Waals surface area contributed by atoms with Crippen LogP contribution < -0.4 is 14.8 Å². The first-order valence-corrected chi connectivity index (χ1v) is 8.22. The molecule has 1 amide bonds. The van der Waals surface area contributed by atoms with Gasteiger partial charge in [-0.15, -0.1) is 0 Å². The van der Waals surface area contributed by atoms with Crippen molar-refractivity contribution in [3.63, 3.8) is 0 Å². The maximum Gasteiger partial charge on any atom is 0.331 e. The van der Waals surface area contributed by atoms with Crippen LogP contribution in [0.4, 0.5) is 0 Å². The van der Waals surface area contributed by atoms with E-state index in [1.807, 2.05) is 0 Å². The van der Waals surface area contributed by atoms with Crippen molar-refractivity contribution in [2.24, 2.45) is 0 Å². The molecule has 6 nitrogen and oxygen atoms in total. The molecular formula is C18H25NO5. The van der Waals surface area contributed by atoms with Gasteiger partial charge in [0, 0.05) is 0 Å². The zero-order chi connectivity index (χ0) is 17.6. The standard InChI is InChI=1S/C18H25NO5/c1-13(24-15-9-7-14(22-2)8-10-15)16(20)19-18(17(21)23-3)11-5-4-6-12-18/h7-10,13H,4-6,11-12H2,1-3H3,(H,19,20). The highest BCUT2D eigenvalue weighted by Gasteiger charge is 2.42. The Balaban J connectivity index is 2.01. The summed E-state index contributed by atoms with van der Waals surface area (Å²) >= 11 is 0. The van der Waals surface area contributed by atoms with Crippen LogP contribution in [0.2, 0.25) is 0 Å². The average molecular weight is 335 g/mol. The number of carbonyl (C=O) groups excluding carboxylic acids is 2. The van der Waals surface area contributed by atoms with Crippen LogP contribution in [-0.2, 0) is 14.3 Å². The van der Waals surface area contributed by atoms with Gasteiger partial charge in [-0.1, -0.05) is 19.3 Å². The third-order valence-corrected chi connectivity index (χ3v) is 4.39. The van der Waals surface area contributed by atoms with Crippen molar-refractivity contribution in [2.45, 2.75) is 50.7 Å². The lowest BCUT2D eigenvalue weighted by Crippen LogP contribution is -2.58. The second-order valence-electron chi connectivity index (χ2n) is 6.06. The Morgan fingerprint density at radius 1 is 1.04 bits per heavy atom. The van der Waals surface area contributed by atoms with Crippen molar-refractivity contribution in [2.75, 3.05) is 14.2 Å². The van der Waals surface area contributed by atoms with Gasteiger partial charge < -0.3 is 19.5 Å². The lowest BCUT2D eigenvalue weighted by Gasteiger charge is -2.35. The molecule has 1 atom stereocenters. The topological polar surface area (TPSA) is 73.9 Å². The van der Waals surface area contributed by atoms with Gasteiger partial charge in [0.15, 0.2) is 6.10 Å². The summed E-state index contributed by atoms with van der Waals surface area (Å²) in [6.07, 6.45) is 3.32. The van der Waals surface area contributed by atoms with Crippen molar-refractivity contribution >= 4 is 11.9 Å². The fraction of sp³-hybridized carbons (Fsp3) is 0.556. The van der Waals surface area contributed by atoms with Gasteiger partial charge in [0.1, 0.15) is 17.0 Å². The predicted molar refractivity (Wildman–Crippen MR) is 89.1 cm³/mol. The van der Waals surface area contributed by atoms with Crippen molar-refractivity contribution in [1.82, 2.24) is 5.32 Å². The Labute approximate surface area is 142 Å². The van der Waals surface area contributed by atoms with Gasteiger partial charge in [-0.05, 0) is 44.0 Å². The first kappa shape index (κ1) is 18.1. The van der Waals surface area contributed by atoms with Crippen LogP contribution in [0.25, 0.3) is 0 Å². The molecule has 0 aliphatic heterocycles. The SMILES string of the molecule is COC(=O)C1(NC(=O)C(C)Oc2ccc(OC)cc2)CCCCC1. The number of nitrogens with one attached hydrogen (secondary N) is 1. The van der Waals surface area contributed by atoms with Crippen LogP contribution >= 0.6 is 0 Å². The van der Waals surface area contributed by atoms with Crippen molar-refractivity contribution < 1.29 is 23.8 Å². The molecule has 1 unspecified atom stereocenters. The molecule has 1 saturated carbocycles. The zero-order valence-electron chi connectivity index (χ0n) is 14.5. The van der Waals surface area contributed by atoms with Gasteiger partial charge in [0.2, 0.25) is 0 Å². The number of amides is 1. The molecule has 1 N–H and O–H groups in total. The molecule has 1 aliphatic rings. The Bertz CT molecular complexity index is 563. The van der Waals surface area contributed by atoms with Crippen molar-refractivity contribution in [1.29, 1.82) is 0 Å². The smallest absolute Gasteiger partial charge is 0.331 e. The molecule has 0 aromatic heterocycles. The van der Waals surface area contributed by atoms with E-state index in [-0.39, 0.29) is 11.9 Å². The minimum atomic E-state index is -0.929. The van der Waals surface area contributed by atoms with Crippen LogP contribution in [0, 0.1) is 0 Å². The highest BCUT2D eigenvalue weighted by Crippen LogP contribution is 2.29. The van der Waals surface area contributed by atoms with Gasteiger partial charge in [-0.25, -0.2) is 4.79 Å². The molecule has 24 heavy (non-hydrogen) atoms. The monoisotopic (exact) mass is 335 g/mol. The van der Waals surface area contributed by atoms with Gasteiger partial charge in [0.05, 0.1) is 14.2 Å². The fourth-order valence-electron chi connectivity index (χ4n) is 2.98. The van der Waals surface area contributed by atoms with Gasteiger partial charge in [-0.3, -0.25) is 4.79 Å². The summed E-state index contributed by atoms with van der Waals surface area (Å²) < 4.78 is 15.7. The quantitative estimate of drug-likeness (QED) is 0.808. The first-order chi connectivity index (χ1) is 11.5. The number of carbonyl (C=O) groups is 2. The number of methoxy groups -OCH3 is 2. The third-order valence-electron chi connectivity index (χ3n) is 4.39. The molecule has 0 heterocycles. The fourth-order valence-corrected chi connectivity index (χ4v) is 2.98. The summed E-state index contributed by atoms with van der Waals surface area (Å²) in [6.45, 7) is 1.66. The number of hydrogen-bond donors (Lipinski definition) is 1. The molecule has 0 saturated heterocycles. The molecule has 0 spiro atoms. The maximum atomic E-state index is 12.5. The minimum Gasteiger partial charge on any atom is -0.497 e. The Hall–Kier alpha value is -2.24. The molecule has 1 aromatic rings. The summed E-state index contributed by atoms with van der Waals surface area (Å²) in [5, 5.41) is 2.86. The minimum absolute atomic E-state index is 0.321. The van der Waals surface area contributed by atoms with E-state index in [1.165, 1.54) is 7.11 Å². The van der Waals surface area contributed by atoms with E-state index in [4.69, 9.17) is 14.2 Å². The van der Waals surface area contributed by atoms with Crippen LogP contribution in [0.15, 0.2) is 24.3 Å². The lowest BCUT2D eigenvalue weighted by molar-refractivity contribution is -0.153. The average Bonchev–Trinajstić information content (AvgIpc) is 2.62. The molecule has 0 radical (unpaired) electrons. The summed E-state index contributed by atoms with van der Waals surface area (Å²) in [6, 6.07) is 6.99.